The minimum atomic E-state index is -0.874. The van der Waals surface area contributed by atoms with Crippen molar-refractivity contribution in [3.8, 4) is 11.3 Å². The molecule has 8 heteroatoms. The Labute approximate surface area is 192 Å². The fourth-order valence-electron chi connectivity index (χ4n) is 4.31. The first-order valence-corrected chi connectivity index (χ1v) is 11.0. The average molecular weight is 451 g/mol. The molecule has 0 aliphatic carbocycles. The van der Waals surface area contributed by atoms with Gasteiger partial charge in [-0.25, -0.2) is 19.2 Å². The minimum Gasteiger partial charge on any atom is -0.438 e. The number of nitrogen functional groups attached to an aromatic ring is 1. The van der Waals surface area contributed by atoms with Gasteiger partial charge in [-0.2, -0.15) is 0 Å². The molecule has 1 saturated heterocycles. The first kappa shape index (κ1) is 22.7. The number of halogens is 1. The molecule has 1 aliphatic rings. The number of amides is 1. The molecule has 7 nitrogen and oxygen atoms in total. The molecule has 1 unspecified atom stereocenters. The summed E-state index contributed by atoms with van der Waals surface area (Å²) in [6.07, 6.45) is 2.69. The summed E-state index contributed by atoms with van der Waals surface area (Å²) >= 11 is 0. The summed E-state index contributed by atoms with van der Waals surface area (Å²) in [7, 11) is 0. The SMILES string of the molecule is C[C@@H](c1ccc(-c2ccnc(N)n2)cc1)N1CCC(CCCO)(c2ccc(F)cc2)OC1=O. The van der Waals surface area contributed by atoms with Crippen LogP contribution < -0.4 is 5.73 Å². The molecule has 3 aromatic rings. The zero-order chi connectivity index (χ0) is 23.4. The quantitative estimate of drug-likeness (QED) is 0.552. The van der Waals surface area contributed by atoms with Crippen molar-refractivity contribution in [2.45, 2.75) is 37.8 Å². The lowest BCUT2D eigenvalue weighted by atomic mass is 9.84. The monoisotopic (exact) mass is 450 g/mol. The van der Waals surface area contributed by atoms with E-state index in [0.717, 1.165) is 22.4 Å². The lowest BCUT2D eigenvalue weighted by Crippen LogP contribution is -2.48. The van der Waals surface area contributed by atoms with Crippen LogP contribution in [0.5, 0.6) is 0 Å². The standard InChI is InChI=1S/C25H27FN4O3/c1-17(18-3-5-19(6-4-18)22-11-14-28-23(27)29-22)30-15-13-25(12-2-16-31,33-24(30)32)20-7-9-21(26)10-8-20/h3-11,14,17,31H,2,12-13,15-16H2,1H3,(H2,27,28,29)/t17-,25?/m0/s1. The van der Waals surface area contributed by atoms with Crippen LogP contribution in [0.15, 0.2) is 60.8 Å². The fraction of sp³-hybridized carbons (Fsp3) is 0.320. The van der Waals surface area contributed by atoms with Gasteiger partial charge in [0.1, 0.15) is 11.4 Å². The number of hydrogen-bond acceptors (Lipinski definition) is 6. The minimum absolute atomic E-state index is 0.00898. The Bertz CT molecular complexity index is 1110. The maximum absolute atomic E-state index is 13.5. The van der Waals surface area contributed by atoms with Crippen LogP contribution in [0.4, 0.5) is 15.1 Å². The van der Waals surface area contributed by atoms with Crippen molar-refractivity contribution in [1.82, 2.24) is 14.9 Å². The van der Waals surface area contributed by atoms with Gasteiger partial charge in [-0.05, 0) is 49.1 Å². The average Bonchev–Trinajstić information content (AvgIpc) is 2.83. The van der Waals surface area contributed by atoms with Crippen LogP contribution in [0.2, 0.25) is 0 Å². The van der Waals surface area contributed by atoms with E-state index in [0.29, 0.717) is 25.8 Å². The van der Waals surface area contributed by atoms with Gasteiger partial charge in [0.25, 0.3) is 0 Å². The molecule has 1 amide bonds. The summed E-state index contributed by atoms with van der Waals surface area (Å²) < 4.78 is 19.4. The Hall–Kier alpha value is -3.52. The third kappa shape index (κ3) is 4.80. The van der Waals surface area contributed by atoms with Crippen LogP contribution in [0, 0.1) is 5.82 Å². The molecule has 4 rings (SSSR count). The predicted molar refractivity (Wildman–Crippen MR) is 122 cm³/mol. The predicted octanol–water partition coefficient (Wildman–Crippen LogP) is 4.44. The van der Waals surface area contributed by atoms with E-state index in [1.54, 1.807) is 29.3 Å². The summed E-state index contributed by atoms with van der Waals surface area (Å²) in [6, 6.07) is 15.4. The van der Waals surface area contributed by atoms with Gasteiger partial charge in [0, 0.05) is 31.3 Å². The Morgan fingerprint density at radius 3 is 2.55 bits per heavy atom. The molecule has 172 valence electrons. The second-order valence-corrected chi connectivity index (χ2v) is 8.24. The van der Waals surface area contributed by atoms with E-state index in [4.69, 9.17) is 10.5 Å². The van der Waals surface area contributed by atoms with E-state index in [9.17, 15) is 14.3 Å². The number of aliphatic hydroxyl groups excluding tert-OH is 1. The summed E-state index contributed by atoms with van der Waals surface area (Å²) in [5, 5.41) is 9.35. The highest BCUT2D eigenvalue weighted by Crippen LogP contribution is 2.40. The molecule has 0 saturated carbocycles. The number of ether oxygens (including phenoxy) is 1. The largest absolute Gasteiger partial charge is 0.438 e. The molecule has 2 aromatic carbocycles. The smallest absolute Gasteiger partial charge is 0.411 e. The highest BCUT2D eigenvalue weighted by Gasteiger charge is 2.43. The van der Waals surface area contributed by atoms with Crippen molar-refractivity contribution in [3.05, 3.63) is 77.7 Å². The van der Waals surface area contributed by atoms with Crippen molar-refractivity contribution >= 4 is 12.0 Å². The summed E-state index contributed by atoms with van der Waals surface area (Å²) in [5.74, 6) is -0.131. The van der Waals surface area contributed by atoms with Crippen molar-refractivity contribution in [1.29, 1.82) is 0 Å². The summed E-state index contributed by atoms with van der Waals surface area (Å²) in [5.41, 5.74) is 8.14. The van der Waals surface area contributed by atoms with Gasteiger partial charge in [-0.15, -0.1) is 0 Å². The Morgan fingerprint density at radius 1 is 1.18 bits per heavy atom. The first-order chi connectivity index (χ1) is 15.9. The van der Waals surface area contributed by atoms with Gasteiger partial charge in [-0.1, -0.05) is 36.4 Å². The maximum atomic E-state index is 13.5. The number of benzene rings is 2. The molecule has 1 fully saturated rings. The van der Waals surface area contributed by atoms with Crippen molar-refractivity contribution in [2.75, 3.05) is 18.9 Å². The summed E-state index contributed by atoms with van der Waals surface area (Å²) in [6.45, 7) is 2.43. The molecule has 0 radical (unpaired) electrons. The number of aliphatic hydroxyl groups is 1. The van der Waals surface area contributed by atoms with Crippen LogP contribution in [-0.2, 0) is 10.3 Å². The number of cyclic esters (lactones) is 1. The first-order valence-electron chi connectivity index (χ1n) is 11.0. The van der Waals surface area contributed by atoms with Gasteiger partial charge in [0.2, 0.25) is 5.95 Å². The molecule has 0 bridgehead atoms. The molecular weight excluding hydrogens is 423 g/mol. The molecule has 33 heavy (non-hydrogen) atoms. The lowest BCUT2D eigenvalue weighted by molar-refractivity contribution is -0.0680. The number of hydrogen-bond donors (Lipinski definition) is 2. The van der Waals surface area contributed by atoms with Gasteiger partial charge in [0.15, 0.2) is 0 Å². The number of nitrogens with zero attached hydrogens (tertiary/aromatic N) is 3. The normalized spacial score (nSPS) is 19.2. The number of nitrogens with two attached hydrogens (primary N) is 1. The van der Waals surface area contributed by atoms with E-state index in [1.807, 2.05) is 31.2 Å². The second kappa shape index (κ2) is 9.54. The molecular formula is C25H27FN4O3. The van der Waals surface area contributed by atoms with Crippen molar-refractivity contribution in [3.63, 3.8) is 0 Å². The van der Waals surface area contributed by atoms with E-state index in [1.165, 1.54) is 12.1 Å². The van der Waals surface area contributed by atoms with Crippen molar-refractivity contribution in [2.24, 2.45) is 0 Å². The highest BCUT2D eigenvalue weighted by atomic mass is 19.1. The topological polar surface area (TPSA) is 102 Å². The number of carbonyl (C=O) groups excluding carboxylic acids is 1. The molecule has 3 N–H and O–H groups in total. The maximum Gasteiger partial charge on any atom is 0.411 e. The van der Waals surface area contributed by atoms with Gasteiger partial charge < -0.3 is 20.5 Å². The second-order valence-electron chi connectivity index (χ2n) is 8.24. The molecule has 2 heterocycles. The Balaban J connectivity index is 1.51. The van der Waals surface area contributed by atoms with Crippen LogP contribution in [0.25, 0.3) is 11.3 Å². The number of rotatable bonds is 7. The van der Waals surface area contributed by atoms with Gasteiger partial charge >= 0.3 is 6.09 Å². The Kier molecular flexibility index (Phi) is 6.55. The fourth-order valence-corrected chi connectivity index (χ4v) is 4.31. The zero-order valence-corrected chi connectivity index (χ0v) is 18.4. The highest BCUT2D eigenvalue weighted by molar-refractivity contribution is 5.70. The van der Waals surface area contributed by atoms with Crippen LogP contribution in [0.1, 0.15) is 43.4 Å². The molecule has 1 aliphatic heterocycles. The van der Waals surface area contributed by atoms with Gasteiger partial charge in [0.05, 0.1) is 11.7 Å². The Morgan fingerprint density at radius 2 is 1.91 bits per heavy atom. The van der Waals surface area contributed by atoms with Crippen LogP contribution >= 0.6 is 0 Å². The molecule has 1 aromatic heterocycles. The lowest BCUT2D eigenvalue weighted by Gasteiger charge is -2.43. The van der Waals surface area contributed by atoms with E-state index in [-0.39, 0.29) is 24.4 Å². The number of carbonyl (C=O) groups is 1. The van der Waals surface area contributed by atoms with E-state index < -0.39 is 11.7 Å². The zero-order valence-electron chi connectivity index (χ0n) is 18.4. The third-order valence-electron chi connectivity index (χ3n) is 6.21. The summed E-state index contributed by atoms with van der Waals surface area (Å²) in [4.78, 5) is 22.9. The number of aromatic nitrogens is 2. The van der Waals surface area contributed by atoms with Crippen LogP contribution in [-0.4, -0.2) is 39.2 Å². The molecule has 2 atom stereocenters. The van der Waals surface area contributed by atoms with Crippen LogP contribution in [0.3, 0.4) is 0 Å². The van der Waals surface area contributed by atoms with Crippen molar-refractivity contribution < 1.29 is 19.0 Å². The molecule has 0 spiro atoms. The van der Waals surface area contributed by atoms with E-state index in [2.05, 4.69) is 9.97 Å². The third-order valence-corrected chi connectivity index (χ3v) is 6.21. The van der Waals surface area contributed by atoms with E-state index >= 15 is 0 Å². The van der Waals surface area contributed by atoms with Gasteiger partial charge in [-0.3, -0.25) is 0 Å². The number of anilines is 1.